The summed E-state index contributed by atoms with van der Waals surface area (Å²) >= 11 is 0. The zero-order chi connectivity index (χ0) is 14.5. The number of fused-ring (bicyclic) bond motifs is 1. The second-order valence-electron chi connectivity index (χ2n) is 6.01. The first-order chi connectivity index (χ1) is 9.58. The van der Waals surface area contributed by atoms with Gasteiger partial charge in [-0.25, -0.2) is 0 Å². The molecular formula is C17H27NOS. The van der Waals surface area contributed by atoms with Gasteiger partial charge in [0.05, 0.1) is 0 Å². The first-order valence-corrected chi connectivity index (χ1v) is 9.37. The van der Waals surface area contributed by atoms with Crippen molar-refractivity contribution in [2.24, 2.45) is 0 Å². The largest absolute Gasteiger partial charge is 0.310 e. The highest BCUT2D eigenvalue weighted by Gasteiger charge is 2.12. The van der Waals surface area contributed by atoms with Crippen LogP contribution >= 0.6 is 0 Å². The summed E-state index contributed by atoms with van der Waals surface area (Å²) in [7, 11) is -0.711. The van der Waals surface area contributed by atoms with Gasteiger partial charge in [0, 0.05) is 28.3 Å². The fourth-order valence-electron chi connectivity index (χ4n) is 2.81. The third kappa shape index (κ3) is 4.16. The minimum absolute atomic E-state index is 0.276. The van der Waals surface area contributed by atoms with Gasteiger partial charge in [0.1, 0.15) is 0 Å². The Bertz CT molecular complexity index is 472. The highest BCUT2D eigenvalue weighted by Crippen LogP contribution is 2.24. The fraction of sp³-hybridized carbons (Fsp3) is 0.647. The predicted octanol–water partition coefficient (Wildman–Crippen LogP) is 3.37. The molecule has 0 aromatic heterocycles. The number of aryl methyl sites for hydroxylation is 2. The third-order valence-electron chi connectivity index (χ3n) is 4.44. The lowest BCUT2D eigenvalue weighted by Crippen LogP contribution is -2.24. The van der Waals surface area contributed by atoms with Crippen LogP contribution < -0.4 is 5.32 Å². The first-order valence-electron chi connectivity index (χ1n) is 7.75. The molecule has 0 fully saturated rings. The van der Waals surface area contributed by atoms with Crippen molar-refractivity contribution < 1.29 is 4.21 Å². The van der Waals surface area contributed by atoms with Crippen LogP contribution in [-0.2, 0) is 23.6 Å². The number of nitrogens with one attached hydrogen (secondary N) is 1. The van der Waals surface area contributed by atoms with E-state index < -0.39 is 10.8 Å². The van der Waals surface area contributed by atoms with E-state index in [0.29, 0.717) is 6.04 Å². The number of hydrogen-bond donors (Lipinski definition) is 1. The van der Waals surface area contributed by atoms with Gasteiger partial charge in [0.25, 0.3) is 0 Å². The van der Waals surface area contributed by atoms with Crippen molar-refractivity contribution in [1.29, 1.82) is 0 Å². The maximum atomic E-state index is 11.3. The predicted molar refractivity (Wildman–Crippen MR) is 87.6 cm³/mol. The Balaban J connectivity index is 1.89. The Labute approximate surface area is 125 Å². The molecule has 0 saturated carbocycles. The quantitative estimate of drug-likeness (QED) is 0.871. The van der Waals surface area contributed by atoms with E-state index in [4.69, 9.17) is 0 Å². The molecule has 2 nitrogen and oxygen atoms in total. The van der Waals surface area contributed by atoms with Gasteiger partial charge in [0.15, 0.2) is 0 Å². The maximum absolute atomic E-state index is 11.3. The van der Waals surface area contributed by atoms with E-state index in [1.165, 1.54) is 31.2 Å². The second-order valence-corrected chi connectivity index (χ2v) is 7.81. The Morgan fingerprint density at radius 3 is 2.60 bits per heavy atom. The summed E-state index contributed by atoms with van der Waals surface area (Å²) in [6.07, 6.45) is 7.92. The highest BCUT2D eigenvalue weighted by atomic mass is 32.2. The van der Waals surface area contributed by atoms with E-state index in [0.717, 1.165) is 13.0 Å². The van der Waals surface area contributed by atoms with Gasteiger partial charge in [-0.15, -0.1) is 0 Å². The Morgan fingerprint density at radius 1 is 1.20 bits per heavy atom. The minimum Gasteiger partial charge on any atom is -0.310 e. The smallest absolute Gasteiger partial charge is 0.0329 e. The van der Waals surface area contributed by atoms with E-state index in [1.807, 2.05) is 0 Å². The van der Waals surface area contributed by atoms with Crippen molar-refractivity contribution in [3.63, 3.8) is 0 Å². The first kappa shape index (κ1) is 15.7. The summed E-state index contributed by atoms with van der Waals surface area (Å²) in [6, 6.07) is 7.34. The highest BCUT2D eigenvalue weighted by molar-refractivity contribution is 7.84. The number of rotatable bonds is 6. The molecular weight excluding hydrogens is 266 g/mol. The van der Waals surface area contributed by atoms with E-state index in [2.05, 4.69) is 37.4 Å². The normalized spacial score (nSPS) is 19.1. The van der Waals surface area contributed by atoms with Crippen molar-refractivity contribution in [1.82, 2.24) is 5.32 Å². The lowest BCUT2D eigenvalue weighted by atomic mass is 9.89. The summed E-state index contributed by atoms with van der Waals surface area (Å²) in [5, 5.41) is 3.83. The molecule has 3 atom stereocenters. The van der Waals surface area contributed by atoms with Gasteiger partial charge in [-0.3, -0.25) is 4.21 Å². The molecule has 0 radical (unpaired) electrons. The van der Waals surface area contributed by atoms with Crippen LogP contribution in [0.5, 0.6) is 0 Å². The van der Waals surface area contributed by atoms with Gasteiger partial charge in [-0.1, -0.05) is 25.1 Å². The maximum Gasteiger partial charge on any atom is 0.0329 e. The van der Waals surface area contributed by atoms with Crippen LogP contribution in [0.3, 0.4) is 0 Å². The molecule has 3 heteroatoms. The number of benzene rings is 1. The Hall–Kier alpha value is -0.670. The molecule has 1 aromatic rings. The van der Waals surface area contributed by atoms with Gasteiger partial charge in [-0.05, 0) is 62.3 Å². The standard InChI is InChI=1S/C17H27NOS/c1-13(20(3)19)10-11-18-14(2)16-9-8-15-6-4-5-7-17(15)12-16/h8-9,12-14,18H,4-7,10-11H2,1-3H3. The van der Waals surface area contributed by atoms with E-state index in [9.17, 15) is 4.21 Å². The molecule has 1 N–H and O–H groups in total. The topological polar surface area (TPSA) is 29.1 Å². The summed E-state index contributed by atoms with van der Waals surface area (Å²) < 4.78 is 11.3. The molecule has 20 heavy (non-hydrogen) atoms. The second kappa shape index (κ2) is 7.37. The molecule has 0 amide bonds. The van der Waals surface area contributed by atoms with Gasteiger partial charge in [0.2, 0.25) is 0 Å². The van der Waals surface area contributed by atoms with Crippen molar-refractivity contribution in [3.05, 3.63) is 34.9 Å². The van der Waals surface area contributed by atoms with E-state index in [1.54, 1.807) is 17.4 Å². The van der Waals surface area contributed by atoms with Crippen LogP contribution in [0.2, 0.25) is 0 Å². The Kier molecular flexibility index (Phi) is 5.79. The molecule has 0 bridgehead atoms. The third-order valence-corrected chi connectivity index (χ3v) is 5.81. The zero-order valence-corrected chi connectivity index (χ0v) is 13.8. The molecule has 1 aromatic carbocycles. The van der Waals surface area contributed by atoms with Crippen LogP contribution in [-0.4, -0.2) is 22.3 Å². The monoisotopic (exact) mass is 293 g/mol. The van der Waals surface area contributed by atoms with E-state index >= 15 is 0 Å². The van der Waals surface area contributed by atoms with Gasteiger partial charge < -0.3 is 5.32 Å². The zero-order valence-electron chi connectivity index (χ0n) is 12.9. The van der Waals surface area contributed by atoms with Gasteiger partial charge in [-0.2, -0.15) is 0 Å². The SMILES string of the molecule is CC(NCCC(C)S(C)=O)c1ccc2c(c1)CCCC2. The fourth-order valence-corrected chi connectivity index (χ4v) is 3.26. The minimum atomic E-state index is -0.711. The molecule has 0 spiro atoms. The van der Waals surface area contributed by atoms with Crippen LogP contribution in [0.25, 0.3) is 0 Å². The van der Waals surface area contributed by atoms with Crippen molar-refractivity contribution >= 4 is 10.8 Å². The van der Waals surface area contributed by atoms with Crippen molar-refractivity contribution in [2.75, 3.05) is 12.8 Å². The molecule has 0 aliphatic heterocycles. The molecule has 2 rings (SSSR count). The van der Waals surface area contributed by atoms with Crippen molar-refractivity contribution in [2.45, 2.75) is 57.2 Å². The van der Waals surface area contributed by atoms with Crippen LogP contribution in [0, 0.1) is 0 Å². The molecule has 1 aliphatic rings. The molecule has 0 saturated heterocycles. The van der Waals surface area contributed by atoms with E-state index in [-0.39, 0.29) is 5.25 Å². The lowest BCUT2D eigenvalue weighted by Gasteiger charge is -2.20. The molecule has 3 unspecified atom stereocenters. The van der Waals surface area contributed by atoms with Gasteiger partial charge >= 0.3 is 0 Å². The van der Waals surface area contributed by atoms with Crippen LogP contribution in [0.4, 0.5) is 0 Å². The lowest BCUT2D eigenvalue weighted by molar-refractivity contribution is 0.552. The average Bonchev–Trinajstić information content (AvgIpc) is 2.46. The van der Waals surface area contributed by atoms with Crippen LogP contribution in [0.15, 0.2) is 18.2 Å². The van der Waals surface area contributed by atoms with Crippen LogP contribution in [0.1, 0.15) is 55.8 Å². The molecule has 112 valence electrons. The number of hydrogen-bond acceptors (Lipinski definition) is 2. The average molecular weight is 293 g/mol. The summed E-state index contributed by atoms with van der Waals surface area (Å²) in [5.74, 6) is 0. The summed E-state index contributed by atoms with van der Waals surface area (Å²) in [5.41, 5.74) is 4.48. The Morgan fingerprint density at radius 2 is 1.90 bits per heavy atom. The molecule has 0 heterocycles. The van der Waals surface area contributed by atoms with Crippen molar-refractivity contribution in [3.8, 4) is 0 Å². The summed E-state index contributed by atoms with van der Waals surface area (Å²) in [6.45, 7) is 5.21. The molecule has 1 aliphatic carbocycles. The summed E-state index contributed by atoms with van der Waals surface area (Å²) in [4.78, 5) is 0.